The van der Waals surface area contributed by atoms with E-state index in [1.165, 1.54) is 7.05 Å². The van der Waals surface area contributed by atoms with Gasteiger partial charge in [-0.2, -0.15) is 0 Å². The van der Waals surface area contributed by atoms with Gasteiger partial charge in [0.1, 0.15) is 0 Å². The zero-order chi connectivity index (χ0) is 19.6. The molecule has 26 heavy (non-hydrogen) atoms. The Balaban J connectivity index is 2.12. The Morgan fingerprint density at radius 1 is 1.00 bits per heavy atom. The largest absolute Gasteiger partial charge is 0.334 e. The average molecular weight is 380 g/mol. The summed E-state index contributed by atoms with van der Waals surface area (Å²) >= 11 is 0. The molecule has 11 heteroatoms. The third-order valence-electron chi connectivity index (χ3n) is 3.77. The van der Waals surface area contributed by atoms with Crippen molar-refractivity contribution in [1.29, 1.82) is 0 Å². The van der Waals surface area contributed by atoms with Crippen LogP contribution in [0.15, 0.2) is 0 Å². The Hall–Kier alpha value is -2.56. The summed E-state index contributed by atoms with van der Waals surface area (Å²) in [7, 11) is 1.29. The van der Waals surface area contributed by atoms with E-state index in [9.17, 15) is 36.3 Å². The molecule has 0 aliphatic carbocycles. The number of nitrogens with zero attached hydrogens (tertiary/aromatic N) is 1. The highest BCUT2D eigenvalue weighted by Crippen LogP contribution is 2.24. The van der Waals surface area contributed by atoms with Crippen LogP contribution in [0.2, 0.25) is 0 Å². The van der Waals surface area contributed by atoms with Crippen LogP contribution in [0.5, 0.6) is 0 Å². The standard InChI is InChI=1S/C15H13F5N2O4/c1-21-6(5-10(25)26-22-8(23)2-3-9(22)24)4-7-11(16)13(18)15(20)14(19)12(7)17/h6,21H,2-5H2,1H3. The van der Waals surface area contributed by atoms with Gasteiger partial charge in [0.2, 0.25) is 5.82 Å². The van der Waals surface area contributed by atoms with Gasteiger partial charge in [-0.3, -0.25) is 9.59 Å². The summed E-state index contributed by atoms with van der Waals surface area (Å²) in [5, 5.41) is 2.76. The van der Waals surface area contributed by atoms with Crippen molar-refractivity contribution in [2.75, 3.05) is 7.05 Å². The number of nitrogens with one attached hydrogen (secondary N) is 1. The molecule has 0 saturated carbocycles. The zero-order valence-corrected chi connectivity index (χ0v) is 13.4. The predicted molar refractivity (Wildman–Crippen MR) is 74.6 cm³/mol. The van der Waals surface area contributed by atoms with Gasteiger partial charge in [0, 0.05) is 24.4 Å². The second-order valence-corrected chi connectivity index (χ2v) is 5.49. The van der Waals surface area contributed by atoms with E-state index in [1.807, 2.05) is 0 Å². The van der Waals surface area contributed by atoms with Crippen LogP contribution in [0, 0.1) is 29.1 Å². The highest BCUT2D eigenvalue weighted by molar-refractivity contribution is 6.01. The number of hydrogen-bond acceptors (Lipinski definition) is 5. The van der Waals surface area contributed by atoms with Gasteiger partial charge in [-0.1, -0.05) is 0 Å². The van der Waals surface area contributed by atoms with Gasteiger partial charge >= 0.3 is 5.97 Å². The van der Waals surface area contributed by atoms with Crippen LogP contribution in [0.25, 0.3) is 0 Å². The van der Waals surface area contributed by atoms with Gasteiger partial charge in [-0.05, 0) is 13.5 Å². The van der Waals surface area contributed by atoms with Crippen molar-refractivity contribution in [3.63, 3.8) is 0 Å². The molecule has 1 aromatic carbocycles. The van der Waals surface area contributed by atoms with E-state index in [-0.39, 0.29) is 17.9 Å². The van der Waals surface area contributed by atoms with Crippen molar-refractivity contribution >= 4 is 17.8 Å². The molecule has 142 valence electrons. The number of hydrogen-bond donors (Lipinski definition) is 1. The molecule has 0 radical (unpaired) electrons. The first-order chi connectivity index (χ1) is 12.2. The highest BCUT2D eigenvalue weighted by Gasteiger charge is 2.34. The predicted octanol–water partition coefficient (Wildman–Crippen LogP) is 1.51. The Morgan fingerprint density at radius 2 is 1.46 bits per heavy atom. The SMILES string of the molecule is CNC(CC(=O)ON1C(=O)CCC1=O)Cc1c(F)c(F)c(F)c(F)c1F. The van der Waals surface area contributed by atoms with Crippen molar-refractivity contribution in [2.45, 2.75) is 31.7 Å². The van der Waals surface area contributed by atoms with Crippen molar-refractivity contribution < 1.29 is 41.2 Å². The van der Waals surface area contributed by atoms with E-state index in [2.05, 4.69) is 10.2 Å². The normalized spacial score (nSPS) is 15.5. The van der Waals surface area contributed by atoms with Crippen LogP contribution in [-0.2, 0) is 25.6 Å². The van der Waals surface area contributed by atoms with Gasteiger partial charge in [0.15, 0.2) is 23.3 Å². The van der Waals surface area contributed by atoms with Crippen LogP contribution in [0.4, 0.5) is 22.0 Å². The van der Waals surface area contributed by atoms with E-state index in [4.69, 9.17) is 0 Å². The molecule has 0 aromatic heterocycles. The number of imide groups is 1. The Kier molecular flexibility index (Phi) is 5.90. The number of carbonyl (C=O) groups is 3. The molecule has 2 amide bonds. The third kappa shape index (κ3) is 3.82. The van der Waals surface area contributed by atoms with Gasteiger partial charge < -0.3 is 10.2 Å². The second-order valence-electron chi connectivity index (χ2n) is 5.49. The molecular weight excluding hydrogens is 367 g/mol. The lowest BCUT2D eigenvalue weighted by Crippen LogP contribution is -2.36. The lowest BCUT2D eigenvalue weighted by Gasteiger charge is -2.18. The zero-order valence-electron chi connectivity index (χ0n) is 13.4. The van der Waals surface area contributed by atoms with Crippen molar-refractivity contribution in [2.24, 2.45) is 0 Å². The molecule has 1 atom stereocenters. The van der Waals surface area contributed by atoms with Gasteiger partial charge in [0.05, 0.1) is 6.42 Å². The maximum atomic E-state index is 13.7. The molecule has 1 N–H and O–H groups in total. The molecule has 0 spiro atoms. The molecule has 1 aliphatic heterocycles. The molecule has 1 aliphatic rings. The molecule has 1 unspecified atom stereocenters. The summed E-state index contributed by atoms with van der Waals surface area (Å²) in [5.41, 5.74) is -1.10. The Morgan fingerprint density at radius 3 is 1.92 bits per heavy atom. The van der Waals surface area contributed by atoms with E-state index in [0.717, 1.165) is 0 Å². The van der Waals surface area contributed by atoms with Gasteiger partial charge in [-0.25, -0.2) is 26.7 Å². The van der Waals surface area contributed by atoms with E-state index < -0.39 is 71.3 Å². The minimum absolute atomic E-state index is 0.119. The second kappa shape index (κ2) is 7.77. The summed E-state index contributed by atoms with van der Waals surface area (Å²) in [6, 6.07) is -1.08. The first-order valence-corrected chi connectivity index (χ1v) is 7.41. The number of halogens is 5. The smallest absolute Gasteiger partial charge is 0.330 e. The van der Waals surface area contributed by atoms with Gasteiger partial charge in [-0.15, -0.1) is 5.06 Å². The number of rotatable bonds is 6. The number of carbonyl (C=O) groups excluding carboxylic acids is 3. The summed E-state index contributed by atoms with van der Waals surface area (Å²) in [4.78, 5) is 39.1. The van der Waals surface area contributed by atoms with Crippen LogP contribution in [-0.4, -0.2) is 35.9 Å². The highest BCUT2D eigenvalue weighted by atomic mass is 19.2. The fourth-order valence-corrected chi connectivity index (χ4v) is 2.35. The minimum atomic E-state index is -2.28. The minimum Gasteiger partial charge on any atom is -0.330 e. The first kappa shape index (κ1) is 19.8. The van der Waals surface area contributed by atoms with E-state index in [0.29, 0.717) is 0 Å². The molecule has 0 bridgehead atoms. The monoisotopic (exact) mass is 380 g/mol. The number of amides is 2. The number of hydroxylamine groups is 2. The van der Waals surface area contributed by atoms with Crippen LogP contribution in [0.1, 0.15) is 24.8 Å². The Bertz CT molecular complexity index is 726. The molecule has 1 saturated heterocycles. The molecule has 2 rings (SSSR count). The molecule has 6 nitrogen and oxygen atoms in total. The average Bonchev–Trinajstić information content (AvgIpc) is 2.92. The lowest BCUT2D eigenvalue weighted by molar-refractivity contribution is -0.197. The summed E-state index contributed by atoms with van der Waals surface area (Å²) < 4.78 is 66.9. The van der Waals surface area contributed by atoms with Crippen molar-refractivity contribution in [3.05, 3.63) is 34.6 Å². The maximum absolute atomic E-state index is 13.7. The first-order valence-electron chi connectivity index (χ1n) is 7.41. The fourth-order valence-electron chi connectivity index (χ4n) is 2.35. The maximum Gasteiger partial charge on any atom is 0.334 e. The van der Waals surface area contributed by atoms with E-state index >= 15 is 0 Å². The fraction of sp³-hybridized carbons (Fsp3) is 0.400. The topological polar surface area (TPSA) is 75.7 Å². The number of benzene rings is 1. The molecular formula is C15H13F5N2O4. The van der Waals surface area contributed by atoms with Crippen molar-refractivity contribution in [3.8, 4) is 0 Å². The molecule has 1 aromatic rings. The summed E-state index contributed by atoms with van der Waals surface area (Å²) in [5.74, 6) is -13.0. The quantitative estimate of drug-likeness (QED) is 0.351. The summed E-state index contributed by atoms with van der Waals surface area (Å²) in [6.07, 6.45) is -1.55. The van der Waals surface area contributed by atoms with Crippen LogP contribution >= 0.6 is 0 Å². The Labute approximate surface area is 143 Å². The third-order valence-corrected chi connectivity index (χ3v) is 3.77. The van der Waals surface area contributed by atoms with Crippen LogP contribution < -0.4 is 5.32 Å². The molecule has 1 fully saturated rings. The van der Waals surface area contributed by atoms with Gasteiger partial charge in [0.25, 0.3) is 11.8 Å². The number of likely N-dealkylation sites (N-methyl/N-ethyl adjacent to an activating group) is 1. The summed E-state index contributed by atoms with van der Waals surface area (Å²) in [6.45, 7) is 0. The van der Waals surface area contributed by atoms with Crippen LogP contribution in [0.3, 0.4) is 0 Å². The lowest BCUT2D eigenvalue weighted by atomic mass is 10.0. The van der Waals surface area contributed by atoms with E-state index in [1.54, 1.807) is 0 Å². The van der Waals surface area contributed by atoms with Crippen molar-refractivity contribution in [1.82, 2.24) is 10.4 Å². The molecule has 1 heterocycles.